The Morgan fingerprint density at radius 3 is 2.59 bits per heavy atom. The molecule has 4 aromatic rings. The predicted molar refractivity (Wildman–Crippen MR) is 160 cm³/mol. The summed E-state index contributed by atoms with van der Waals surface area (Å²) in [5.74, 6) is 0.329. The van der Waals surface area contributed by atoms with Crippen molar-refractivity contribution in [2.24, 2.45) is 0 Å². The van der Waals surface area contributed by atoms with E-state index in [2.05, 4.69) is 50.2 Å². The third kappa shape index (κ3) is 7.43. The monoisotopic (exact) mass is 560 g/mol. The average molecular weight is 561 g/mol. The van der Waals surface area contributed by atoms with Crippen molar-refractivity contribution in [3.8, 4) is 10.6 Å². The molecule has 202 valence electrons. The lowest BCUT2D eigenvalue weighted by Gasteiger charge is -2.34. The zero-order valence-electron chi connectivity index (χ0n) is 21.5. The Hall–Kier alpha value is -3.28. The molecule has 0 radical (unpaired) electrons. The maximum Gasteiger partial charge on any atom is 0.262 e. The van der Waals surface area contributed by atoms with E-state index in [0.717, 1.165) is 61.1 Å². The number of piperazine rings is 1. The Labute approximate surface area is 238 Å². The van der Waals surface area contributed by atoms with E-state index in [0.29, 0.717) is 10.8 Å². The molecular weight excluding hydrogens is 528 g/mol. The Kier molecular flexibility index (Phi) is 9.23. The summed E-state index contributed by atoms with van der Waals surface area (Å²) in [6, 6.07) is 23.5. The number of hydrogen-bond acceptors (Lipinski definition) is 9. The van der Waals surface area contributed by atoms with Crippen LogP contribution in [0.3, 0.4) is 0 Å². The van der Waals surface area contributed by atoms with Crippen LogP contribution in [0.5, 0.6) is 0 Å². The number of β-amino-alcohol motifs (C(OH)–C–C–N with tert-alkyl or cyclic N) is 1. The number of carbonyl (C=O) groups is 1. The highest BCUT2D eigenvalue weighted by Crippen LogP contribution is 2.28. The highest BCUT2D eigenvalue weighted by atomic mass is 32.1. The van der Waals surface area contributed by atoms with Crippen LogP contribution >= 0.6 is 24.0 Å². The van der Waals surface area contributed by atoms with Gasteiger partial charge in [0.1, 0.15) is 0 Å². The topological polar surface area (TPSA) is 93.6 Å². The van der Waals surface area contributed by atoms with Crippen molar-refractivity contribution in [2.45, 2.75) is 11.9 Å². The number of aromatic nitrogens is 2. The third-order valence-corrected chi connectivity index (χ3v) is 8.13. The average Bonchev–Trinajstić information content (AvgIpc) is 3.46. The molecule has 8 nitrogen and oxygen atoms in total. The number of thiol groups is 1. The molecular formula is C29H32N6O2S2. The number of aliphatic hydroxyl groups is 1. The van der Waals surface area contributed by atoms with Crippen LogP contribution in [0, 0.1) is 0 Å². The molecule has 5 rings (SSSR count). The van der Waals surface area contributed by atoms with Gasteiger partial charge in [-0.1, -0.05) is 42.5 Å². The van der Waals surface area contributed by atoms with Crippen molar-refractivity contribution in [2.75, 3.05) is 44.6 Å². The fourth-order valence-corrected chi connectivity index (χ4v) is 5.68. The summed E-state index contributed by atoms with van der Waals surface area (Å²) in [7, 11) is 0. The molecule has 0 spiro atoms. The van der Waals surface area contributed by atoms with Gasteiger partial charge in [0.25, 0.3) is 5.91 Å². The van der Waals surface area contributed by atoms with Gasteiger partial charge in [-0.25, -0.2) is 9.97 Å². The summed E-state index contributed by atoms with van der Waals surface area (Å²) in [6.45, 7) is 5.78. The minimum Gasteiger partial charge on any atom is -0.395 e. The summed E-state index contributed by atoms with van der Waals surface area (Å²) in [6.07, 6.45) is 1.72. The first-order valence-electron chi connectivity index (χ1n) is 13.0. The molecule has 39 heavy (non-hydrogen) atoms. The van der Waals surface area contributed by atoms with Crippen LogP contribution in [0.2, 0.25) is 0 Å². The first kappa shape index (κ1) is 27.3. The number of amides is 1. The molecule has 1 atom stereocenters. The van der Waals surface area contributed by atoms with E-state index in [1.807, 2.05) is 60.7 Å². The van der Waals surface area contributed by atoms with Crippen LogP contribution in [0.25, 0.3) is 10.6 Å². The zero-order chi connectivity index (χ0) is 27.0. The lowest BCUT2D eigenvalue weighted by atomic mass is 10.1. The van der Waals surface area contributed by atoms with E-state index >= 15 is 0 Å². The number of nitrogens with zero attached hydrogens (tertiary/aromatic N) is 4. The van der Waals surface area contributed by atoms with E-state index in [1.165, 1.54) is 16.9 Å². The van der Waals surface area contributed by atoms with E-state index < -0.39 is 0 Å². The Morgan fingerprint density at radius 2 is 1.79 bits per heavy atom. The Bertz CT molecular complexity index is 1370. The maximum absolute atomic E-state index is 12.8. The van der Waals surface area contributed by atoms with Crippen LogP contribution in [-0.4, -0.2) is 70.1 Å². The summed E-state index contributed by atoms with van der Waals surface area (Å²) < 4.78 is 0. The number of benzene rings is 2. The van der Waals surface area contributed by atoms with Crippen molar-refractivity contribution in [1.82, 2.24) is 25.1 Å². The maximum atomic E-state index is 12.8. The van der Waals surface area contributed by atoms with Crippen molar-refractivity contribution in [3.63, 3.8) is 0 Å². The lowest BCUT2D eigenvalue weighted by Crippen LogP contribution is -2.46. The van der Waals surface area contributed by atoms with Crippen LogP contribution in [0.1, 0.15) is 26.2 Å². The summed E-state index contributed by atoms with van der Waals surface area (Å²) in [5, 5.41) is 15.0. The fourth-order valence-electron chi connectivity index (χ4n) is 4.51. The second-order valence-corrected chi connectivity index (χ2v) is 11.0. The molecule has 1 amide bonds. The molecule has 0 saturated carbocycles. The second-order valence-electron chi connectivity index (χ2n) is 9.38. The normalized spacial score (nSPS) is 15.1. The highest BCUT2D eigenvalue weighted by Gasteiger charge is 2.17. The zero-order valence-corrected chi connectivity index (χ0v) is 23.2. The minimum absolute atomic E-state index is 0.172. The van der Waals surface area contributed by atoms with Crippen molar-refractivity contribution >= 4 is 41.5 Å². The molecule has 1 aliphatic rings. The number of hydrogen-bond donors (Lipinski definition) is 4. The number of rotatable bonds is 10. The second kappa shape index (κ2) is 13.2. The van der Waals surface area contributed by atoms with Crippen LogP contribution in [0.4, 0.5) is 11.6 Å². The number of nitrogens with one attached hydrogen (secondary N) is 2. The number of carbonyl (C=O) groups excluding carboxylic acids is 1. The first-order chi connectivity index (χ1) is 19.1. The van der Waals surface area contributed by atoms with Gasteiger partial charge in [0.2, 0.25) is 5.95 Å². The molecule has 0 bridgehead atoms. The van der Waals surface area contributed by atoms with E-state index in [-0.39, 0.29) is 17.9 Å². The van der Waals surface area contributed by atoms with E-state index in [1.54, 1.807) is 6.20 Å². The summed E-state index contributed by atoms with van der Waals surface area (Å²) in [4.78, 5) is 28.1. The SMILES string of the molecule is O=C(N[C@H](S)c1ccccc1)c1ccc(-c2ccnc(Nc3cccc(CN4CCN(CCO)CC4)c3)n2)s1. The van der Waals surface area contributed by atoms with Crippen LogP contribution < -0.4 is 10.6 Å². The minimum atomic E-state index is -0.384. The van der Waals surface area contributed by atoms with Crippen molar-refractivity contribution < 1.29 is 9.90 Å². The van der Waals surface area contributed by atoms with Crippen LogP contribution in [0.15, 0.2) is 79.0 Å². The molecule has 0 aliphatic carbocycles. The molecule has 3 heterocycles. The van der Waals surface area contributed by atoms with Gasteiger partial charge >= 0.3 is 0 Å². The van der Waals surface area contributed by atoms with E-state index in [9.17, 15) is 4.79 Å². The summed E-state index contributed by atoms with van der Waals surface area (Å²) >= 11 is 5.92. The van der Waals surface area contributed by atoms with Gasteiger partial charge in [0.05, 0.1) is 27.4 Å². The van der Waals surface area contributed by atoms with Gasteiger partial charge in [0.15, 0.2) is 0 Å². The van der Waals surface area contributed by atoms with Gasteiger partial charge in [-0.05, 0) is 41.5 Å². The third-order valence-electron chi connectivity index (χ3n) is 6.59. The predicted octanol–water partition coefficient (Wildman–Crippen LogP) is 4.42. The number of thiophene rings is 1. The first-order valence-corrected chi connectivity index (χ1v) is 14.3. The van der Waals surface area contributed by atoms with Gasteiger partial charge in [-0.2, -0.15) is 0 Å². The molecule has 10 heteroatoms. The van der Waals surface area contributed by atoms with Gasteiger partial charge < -0.3 is 15.7 Å². The molecule has 2 aromatic heterocycles. The molecule has 1 aliphatic heterocycles. The Balaban J connectivity index is 1.20. The van der Waals surface area contributed by atoms with Gasteiger partial charge in [0, 0.05) is 51.2 Å². The Morgan fingerprint density at radius 1 is 1.00 bits per heavy atom. The highest BCUT2D eigenvalue weighted by molar-refractivity contribution is 7.80. The van der Waals surface area contributed by atoms with Gasteiger partial charge in [-0.3, -0.25) is 14.6 Å². The smallest absolute Gasteiger partial charge is 0.262 e. The molecule has 0 unspecified atom stereocenters. The molecule has 1 fully saturated rings. The number of anilines is 2. The fraction of sp³-hybridized carbons (Fsp3) is 0.276. The largest absolute Gasteiger partial charge is 0.395 e. The summed E-state index contributed by atoms with van der Waals surface area (Å²) in [5.41, 5.74) is 3.83. The van der Waals surface area contributed by atoms with E-state index in [4.69, 9.17) is 10.1 Å². The lowest BCUT2D eigenvalue weighted by molar-refractivity contribution is 0.0954. The number of aliphatic hydroxyl groups excluding tert-OH is 1. The molecule has 2 aromatic carbocycles. The van der Waals surface area contributed by atoms with Crippen molar-refractivity contribution in [3.05, 3.63) is 95.0 Å². The molecule has 3 N–H and O–H groups in total. The molecule has 1 saturated heterocycles. The van der Waals surface area contributed by atoms with Gasteiger partial charge in [-0.15, -0.1) is 24.0 Å². The standard InChI is InChI=1S/C29H32N6O2S2/c36-18-17-34-13-15-35(16-14-34)20-21-5-4-8-23(19-21)31-29-30-12-11-24(32-29)25-9-10-26(39-25)27(37)33-28(38)22-6-2-1-3-7-22/h1-12,19,28,36,38H,13-18,20H2,(H,33,37)(H,30,31,32)/t28-/m1/s1. The van der Waals surface area contributed by atoms with Crippen molar-refractivity contribution in [1.29, 1.82) is 0 Å². The quantitative estimate of drug-likeness (QED) is 0.169. The van der Waals surface area contributed by atoms with Crippen LogP contribution in [-0.2, 0) is 6.54 Å².